The van der Waals surface area contributed by atoms with Crippen LogP contribution in [0.1, 0.15) is 17.2 Å². The molecule has 0 saturated heterocycles. The van der Waals surface area contributed by atoms with Crippen LogP contribution in [0.5, 0.6) is 0 Å². The molecule has 0 heterocycles. The highest BCUT2D eigenvalue weighted by Crippen LogP contribution is 2.23. The van der Waals surface area contributed by atoms with Crippen molar-refractivity contribution in [2.75, 3.05) is 0 Å². The fourth-order valence-corrected chi connectivity index (χ4v) is 2.36. The van der Waals surface area contributed by atoms with Crippen molar-refractivity contribution in [3.63, 3.8) is 0 Å². The summed E-state index contributed by atoms with van der Waals surface area (Å²) in [4.78, 5) is 0. The minimum absolute atomic E-state index is 0.312. The Kier molecular flexibility index (Phi) is 5.51. The molecule has 1 unspecified atom stereocenters. The molecule has 3 nitrogen and oxygen atoms in total. The Labute approximate surface area is 133 Å². The maximum atomic E-state index is 9.19. The highest BCUT2D eigenvalue weighted by atomic mass is 79.9. The van der Waals surface area contributed by atoms with Gasteiger partial charge in [-0.05, 0) is 23.3 Å². The minimum Gasteiger partial charge on any atom is -0.304 e. The lowest BCUT2D eigenvalue weighted by Crippen LogP contribution is -2.26. The predicted octanol–water partition coefficient (Wildman–Crippen LogP) is 3.94. The Balaban J connectivity index is 2.19. The van der Waals surface area contributed by atoms with E-state index in [1.165, 1.54) is 0 Å². The average Bonchev–Trinajstić information content (AvgIpc) is 2.53. The number of hydrogen-bond donors (Lipinski definition) is 1. The van der Waals surface area contributed by atoms with Crippen LogP contribution < -0.4 is 5.32 Å². The second-order valence-corrected chi connectivity index (χ2v) is 5.55. The third-order valence-corrected chi connectivity index (χ3v) is 3.74. The first-order valence-electron chi connectivity index (χ1n) is 6.56. The highest BCUT2D eigenvalue weighted by molar-refractivity contribution is 9.10. The summed E-state index contributed by atoms with van der Waals surface area (Å²) in [7, 11) is 0. The van der Waals surface area contributed by atoms with Gasteiger partial charge in [0.2, 0.25) is 0 Å². The Bertz CT molecular complexity index is 639. The lowest BCUT2D eigenvalue weighted by molar-refractivity contribution is 0.485. The second-order valence-electron chi connectivity index (χ2n) is 4.63. The van der Waals surface area contributed by atoms with E-state index in [0.29, 0.717) is 6.54 Å². The Morgan fingerprint density at radius 2 is 1.57 bits per heavy atom. The molecule has 2 rings (SSSR count). The molecule has 2 aromatic rings. The van der Waals surface area contributed by atoms with Crippen LogP contribution >= 0.6 is 15.9 Å². The Morgan fingerprint density at radius 1 is 0.952 bits per heavy atom. The largest absolute Gasteiger partial charge is 0.304 e. The van der Waals surface area contributed by atoms with E-state index in [-0.39, 0.29) is 6.04 Å². The molecule has 0 radical (unpaired) electrons. The molecule has 4 heteroatoms. The molecule has 0 aliphatic heterocycles. The van der Waals surface area contributed by atoms with Crippen molar-refractivity contribution in [1.82, 2.24) is 5.32 Å². The third-order valence-electron chi connectivity index (χ3n) is 3.21. The van der Waals surface area contributed by atoms with Crippen molar-refractivity contribution in [2.45, 2.75) is 12.6 Å². The molecule has 1 atom stereocenters. The molecule has 0 amide bonds. The molecule has 0 spiro atoms. The second kappa shape index (κ2) is 7.59. The summed E-state index contributed by atoms with van der Waals surface area (Å²) in [5.74, 6) is -0.727. The molecule has 0 bridgehead atoms. The summed E-state index contributed by atoms with van der Waals surface area (Å²) in [6.07, 6.45) is 0. The molecular formula is C17H14BrN3. The number of halogens is 1. The van der Waals surface area contributed by atoms with Crippen LogP contribution in [0.15, 0.2) is 59.1 Å². The van der Waals surface area contributed by atoms with E-state index in [1.807, 2.05) is 54.6 Å². The topological polar surface area (TPSA) is 59.6 Å². The van der Waals surface area contributed by atoms with E-state index in [1.54, 1.807) is 0 Å². The van der Waals surface area contributed by atoms with Crippen LogP contribution in [0, 0.1) is 28.6 Å². The van der Waals surface area contributed by atoms with E-state index < -0.39 is 5.92 Å². The number of hydrogen-bond acceptors (Lipinski definition) is 3. The first-order chi connectivity index (χ1) is 10.2. The average molecular weight is 340 g/mol. The first kappa shape index (κ1) is 15.3. The fraction of sp³-hybridized carbons (Fsp3) is 0.176. The molecule has 21 heavy (non-hydrogen) atoms. The molecule has 104 valence electrons. The maximum absolute atomic E-state index is 9.19. The highest BCUT2D eigenvalue weighted by Gasteiger charge is 2.22. The van der Waals surface area contributed by atoms with E-state index in [4.69, 9.17) is 0 Å². The summed E-state index contributed by atoms with van der Waals surface area (Å²) in [6, 6.07) is 21.4. The number of nitriles is 2. The van der Waals surface area contributed by atoms with Crippen LogP contribution in [0.3, 0.4) is 0 Å². The van der Waals surface area contributed by atoms with Crippen molar-refractivity contribution in [2.24, 2.45) is 5.92 Å². The summed E-state index contributed by atoms with van der Waals surface area (Å²) in [6.45, 7) is 0.613. The van der Waals surface area contributed by atoms with Crippen LogP contribution in [-0.4, -0.2) is 0 Å². The van der Waals surface area contributed by atoms with Gasteiger partial charge in [0.05, 0.1) is 18.2 Å². The summed E-state index contributed by atoms with van der Waals surface area (Å²) >= 11 is 3.39. The molecule has 0 aliphatic rings. The van der Waals surface area contributed by atoms with E-state index >= 15 is 0 Å². The van der Waals surface area contributed by atoms with Gasteiger partial charge in [0.1, 0.15) is 0 Å². The molecule has 0 aromatic heterocycles. The van der Waals surface area contributed by atoms with Gasteiger partial charge in [-0.3, -0.25) is 0 Å². The van der Waals surface area contributed by atoms with Crippen LogP contribution in [0.25, 0.3) is 0 Å². The van der Waals surface area contributed by atoms with Crippen molar-refractivity contribution in [3.05, 3.63) is 70.2 Å². The molecule has 0 fully saturated rings. The zero-order valence-corrected chi connectivity index (χ0v) is 12.9. The van der Waals surface area contributed by atoms with Gasteiger partial charge in [-0.2, -0.15) is 10.5 Å². The molecule has 1 N–H and O–H groups in total. The fourth-order valence-electron chi connectivity index (χ4n) is 2.10. The lowest BCUT2D eigenvalue weighted by atomic mass is 9.95. The smallest absolute Gasteiger partial charge is 0.152 e. The zero-order valence-electron chi connectivity index (χ0n) is 11.3. The molecule has 0 aliphatic carbocycles. The van der Waals surface area contributed by atoms with Crippen molar-refractivity contribution >= 4 is 15.9 Å². The van der Waals surface area contributed by atoms with E-state index in [2.05, 4.69) is 33.4 Å². The molecular weight excluding hydrogens is 326 g/mol. The van der Waals surface area contributed by atoms with E-state index in [9.17, 15) is 10.5 Å². The van der Waals surface area contributed by atoms with Gasteiger partial charge >= 0.3 is 0 Å². The normalized spacial score (nSPS) is 11.6. The lowest BCUT2D eigenvalue weighted by Gasteiger charge is -2.20. The minimum atomic E-state index is -0.727. The number of rotatable bonds is 5. The van der Waals surface area contributed by atoms with Gasteiger partial charge in [0.15, 0.2) is 5.92 Å². The van der Waals surface area contributed by atoms with Gasteiger partial charge in [0.25, 0.3) is 0 Å². The molecule has 2 aromatic carbocycles. The third kappa shape index (κ3) is 4.16. The van der Waals surface area contributed by atoms with Crippen LogP contribution in [0.2, 0.25) is 0 Å². The van der Waals surface area contributed by atoms with Gasteiger partial charge in [0, 0.05) is 11.0 Å². The number of benzene rings is 2. The van der Waals surface area contributed by atoms with Crippen LogP contribution in [0.4, 0.5) is 0 Å². The van der Waals surface area contributed by atoms with Crippen LogP contribution in [-0.2, 0) is 6.54 Å². The first-order valence-corrected chi connectivity index (χ1v) is 7.36. The van der Waals surface area contributed by atoms with Gasteiger partial charge in [-0.25, -0.2) is 0 Å². The predicted molar refractivity (Wildman–Crippen MR) is 84.9 cm³/mol. The van der Waals surface area contributed by atoms with Crippen molar-refractivity contribution < 1.29 is 0 Å². The molecule has 0 saturated carbocycles. The van der Waals surface area contributed by atoms with Gasteiger partial charge < -0.3 is 5.32 Å². The Hall–Kier alpha value is -2.14. The standard InChI is InChI=1S/C17H14BrN3/c18-16-8-6-14(7-9-16)17(15(10-19)11-20)21-12-13-4-2-1-3-5-13/h1-9,15,17,21H,12H2. The summed E-state index contributed by atoms with van der Waals surface area (Å²) in [5, 5.41) is 21.7. The van der Waals surface area contributed by atoms with Gasteiger partial charge in [-0.15, -0.1) is 0 Å². The van der Waals surface area contributed by atoms with Crippen molar-refractivity contribution in [1.29, 1.82) is 10.5 Å². The Morgan fingerprint density at radius 3 is 2.14 bits per heavy atom. The maximum Gasteiger partial charge on any atom is 0.152 e. The quantitative estimate of drug-likeness (QED) is 0.897. The van der Waals surface area contributed by atoms with Crippen molar-refractivity contribution in [3.8, 4) is 12.1 Å². The van der Waals surface area contributed by atoms with E-state index in [0.717, 1.165) is 15.6 Å². The SMILES string of the molecule is N#CC(C#N)C(NCc1ccccc1)c1ccc(Br)cc1. The summed E-state index contributed by atoms with van der Waals surface area (Å²) in [5.41, 5.74) is 2.05. The number of nitrogens with zero attached hydrogens (tertiary/aromatic N) is 2. The van der Waals surface area contributed by atoms with Gasteiger partial charge in [-0.1, -0.05) is 58.4 Å². The zero-order chi connectivity index (χ0) is 15.1. The number of nitrogens with one attached hydrogen (secondary N) is 1. The summed E-state index contributed by atoms with van der Waals surface area (Å²) < 4.78 is 0.971. The monoisotopic (exact) mass is 339 g/mol.